The number of hydrogen-bond acceptors (Lipinski definition) is 7. The lowest BCUT2D eigenvalue weighted by atomic mass is 10.1. The molecule has 4 rings (SSSR count). The predicted octanol–water partition coefficient (Wildman–Crippen LogP) is 5.20. The Kier molecular flexibility index (Phi) is 8.89. The summed E-state index contributed by atoms with van der Waals surface area (Å²) in [6.45, 7) is 2.26. The molecule has 0 aliphatic carbocycles. The number of rotatable bonds is 11. The van der Waals surface area contributed by atoms with Crippen LogP contribution in [-0.4, -0.2) is 41.4 Å². The molecule has 0 atom stereocenters. The average molecular weight is 578 g/mol. The van der Waals surface area contributed by atoms with E-state index < -0.39 is 11.9 Å². The van der Waals surface area contributed by atoms with Crippen molar-refractivity contribution < 1.29 is 28.9 Å². The Bertz CT molecular complexity index is 1470. The van der Waals surface area contributed by atoms with Gasteiger partial charge in [0.05, 0.1) is 22.9 Å². The van der Waals surface area contributed by atoms with E-state index in [0.29, 0.717) is 39.4 Å². The molecule has 0 radical (unpaired) electrons. The van der Waals surface area contributed by atoms with Crippen LogP contribution in [0.2, 0.25) is 0 Å². The van der Waals surface area contributed by atoms with Gasteiger partial charge in [0.15, 0.2) is 18.1 Å². The number of carbonyl (C=O) groups excluding carboxylic acids is 1. The molecule has 0 spiro atoms. The molecule has 0 saturated heterocycles. The molecule has 0 fully saturated rings. The van der Waals surface area contributed by atoms with Crippen LogP contribution in [0.4, 0.5) is 0 Å². The van der Waals surface area contributed by atoms with E-state index in [1.54, 1.807) is 36.5 Å². The van der Waals surface area contributed by atoms with Crippen molar-refractivity contribution in [2.75, 3.05) is 13.2 Å². The van der Waals surface area contributed by atoms with Crippen molar-refractivity contribution >= 4 is 44.9 Å². The van der Waals surface area contributed by atoms with Gasteiger partial charge in [-0.05, 0) is 70.4 Å². The number of carboxylic acid groups (broad SMARTS) is 1. The number of amides is 1. The molecule has 194 valence electrons. The molecule has 0 saturated carbocycles. The largest absolute Gasteiger partial charge is 0.490 e. The number of aromatic nitrogens is 1. The van der Waals surface area contributed by atoms with Crippen LogP contribution in [0.3, 0.4) is 0 Å². The molecule has 1 amide bonds. The summed E-state index contributed by atoms with van der Waals surface area (Å²) in [6.07, 6.45) is 3.15. The maximum Gasteiger partial charge on any atom is 0.335 e. The van der Waals surface area contributed by atoms with Gasteiger partial charge in [-0.25, -0.2) is 10.2 Å². The number of fused-ring (bicyclic) bond motifs is 1. The molecule has 38 heavy (non-hydrogen) atoms. The maximum absolute atomic E-state index is 12.3. The van der Waals surface area contributed by atoms with Gasteiger partial charge in [0.1, 0.15) is 17.9 Å². The minimum absolute atomic E-state index is 0.206. The van der Waals surface area contributed by atoms with Crippen LogP contribution in [-0.2, 0) is 11.4 Å². The van der Waals surface area contributed by atoms with E-state index in [1.807, 2.05) is 31.2 Å². The van der Waals surface area contributed by atoms with E-state index in [1.165, 1.54) is 18.3 Å². The zero-order valence-electron chi connectivity index (χ0n) is 20.4. The average Bonchev–Trinajstić information content (AvgIpc) is 2.92. The molecular weight excluding hydrogens is 554 g/mol. The summed E-state index contributed by atoms with van der Waals surface area (Å²) in [5.41, 5.74) is 4.81. The fraction of sp³-hybridized carbons (Fsp3) is 0.143. The van der Waals surface area contributed by atoms with Crippen LogP contribution in [0, 0.1) is 0 Å². The second-order valence-electron chi connectivity index (χ2n) is 7.97. The highest BCUT2D eigenvalue weighted by Gasteiger charge is 2.13. The third kappa shape index (κ3) is 6.86. The van der Waals surface area contributed by atoms with Gasteiger partial charge in [0.25, 0.3) is 5.91 Å². The van der Waals surface area contributed by atoms with E-state index in [-0.39, 0.29) is 18.8 Å². The van der Waals surface area contributed by atoms with Gasteiger partial charge in [0.2, 0.25) is 0 Å². The highest BCUT2D eigenvalue weighted by Crippen LogP contribution is 2.37. The Morgan fingerprint density at radius 3 is 2.58 bits per heavy atom. The molecular formula is C28H24BrN3O6. The standard InChI is InChI=1S/C28H24BrN3O6/c1-2-36-24-14-19(13-22(29)27(24)38-16-18-8-10-21(11-9-18)28(34)35)15-31-32-25(33)17-37-23-7-3-5-20-6-4-12-30-26(20)23/h3-15H,2,16-17H2,1H3,(H,32,33)(H,34,35)/b31-15+. The number of benzene rings is 3. The maximum atomic E-state index is 12.3. The lowest BCUT2D eigenvalue weighted by Gasteiger charge is -2.15. The van der Waals surface area contributed by atoms with Crippen LogP contribution in [0.1, 0.15) is 28.4 Å². The van der Waals surface area contributed by atoms with E-state index in [2.05, 4.69) is 31.4 Å². The minimum atomic E-state index is -0.984. The smallest absolute Gasteiger partial charge is 0.335 e. The third-order valence-corrected chi connectivity index (χ3v) is 5.86. The third-order valence-electron chi connectivity index (χ3n) is 5.27. The number of halogens is 1. The second kappa shape index (κ2) is 12.7. The molecule has 4 aromatic rings. The minimum Gasteiger partial charge on any atom is -0.490 e. The van der Waals surface area contributed by atoms with Crippen molar-refractivity contribution in [1.29, 1.82) is 0 Å². The van der Waals surface area contributed by atoms with E-state index >= 15 is 0 Å². The zero-order valence-corrected chi connectivity index (χ0v) is 22.0. The Morgan fingerprint density at radius 1 is 1.03 bits per heavy atom. The van der Waals surface area contributed by atoms with Crippen LogP contribution < -0.4 is 19.6 Å². The van der Waals surface area contributed by atoms with Crippen molar-refractivity contribution in [3.05, 3.63) is 94.1 Å². The number of nitrogens with zero attached hydrogens (tertiary/aromatic N) is 2. The fourth-order valence-electron chi connectivity index (χ4n) is 3.51. The molecule has 1 heterocycles. The van der Waals surface area contributed by atoms with Crippen LogP contribution in [0.15, 0.2) is 82.5 Å². The highest BCUT2D eigenvalue weighted by molar-refractivity contribution is 9.10. The monoisotopic (exact) mass is 577 g/mol. The summed E-state index contributed by atoms with van der Waals surface area (Å²) in [5, 5.41) is 14.0. The lowest BCUT2D eigenvalue weighted by molar-refractivity contribution is -0.123. The Morgan fingerprint density at radius 2 is 1.82 bits per heavy atom. The lowest BCUT2D eigenvalue weighted by Crippen LogP contribution is -2.24. The first-order valence-corrected chi connectivity index (χ1v) is 12.4. The van der Waals surface area contributed by atoms with Crippen molar-refractivity contribution in [1.82, 2.24) is 10.4 Å². The number of carboxylic acids is 1. The first kappa shape index (κ1) is 26.6. The SMILES string of the molecule is CCOc1cc(/C=N/NC(=O)COc2cccc3cccnc23)cc(Br)c1OCc1ccc(C(=O)O)cc1. The number of aromatic carboxylic acids is 1. The van der Waals surface area contributed by atoms with E-state index in [4.69, 9.17) is 19.3 Å². The van der Waals surface area contributed by atoms with E-state index in [9.17, 15) is 9.59 Å². The number of carbonyl (C=O) groups is 2. The topological polar surface area (TPSA) is 119 Å². The van der Waals surface area contributed by atoms with E-state index in [0.717, 1.165) is 10.9 Å². The quantitative estimate of drug-likeness (QED) is 0.185. The summed E-state index contributed by atoms with van der Waals surface area (Å²) >= 11 is 3.51. The highest BCUT2D eigenvalue weighted by atomic mass is 79.9. The Labute approximate surface area is 227 Å². The summed E-state index contributed by atoms with van der Waals surface area (Å²) in [4.78, 5) is 27.6. The fourth-order valence-corrected chi connectivity index (χ4v) is 4.09. The number of nitrogens with one attached hydrogen (secondary N) is 1. The van der Waals surface area contributed by atoms with Crippen molar-refractivity contribution in [3.63, 3.8) is 0 Å². The molecule has 9 nitrogen and oxygen atoms in total. The first-order valence-electron chi connectivity index (χ1n) is 11.6. The molecule has 0 aliphatic rings. The molecule has 3 aromatic carbocycles. The van der Waals surface area contributed by atoms with Crippen LogP contribution >= 0.6 is 15.9 Å². The van der Waals surface area contributed by atoms with Crippen LogP contribution in [0.25, 0.3) is 10.9 Å². The number of ether oxygens (including phenoxy) is 3. The number of hydrogen-bond donors (Lipinski definition) is 2. The molecule has 0 aliphatic heterocycles. The van der Waals surface area contributed by atoms with Gasteiger partial charge in [0, 0.05) is 11.6 Å². The summed E-state index contributed by atoms with van der Waals surface area (Å²) < 4.78 is 18.0. The van der Waals surface area contributed by atoms with Crippen molar-refractivity contribution in [3.8, 4) is 17.2 Å². The summed E-state index contributed by atoms with van der Waals surface area (Å²) in [5.74, 6) is 0.0889. The number of para-hydroxylation sites is 1. The molecule has 0 unspecified atom stereocenters. The van der Waals surface area contributed by atoms with Crippen LogP contribution in [0.5, 0.6) is 17.2 Å². The van der Waals surface area contributed by atoms with Gasteiger partial charge in [-0.15, -0.1) is 0 Å². The summed E-state index contributed by atoms with van der Waals surface area (Å²) in [6, 6.07) is 19.2. The normalized spacial score (nSPS) is 10.9. The molecule has 2 N–H and O–H groups in total. The molecule has 0 bridgehead atoms. The van der Waals surface area contributed by atoms with Gasteiger partial charge in [-0.2, -0.15) is 5.10 Å². The summed E-state index contributed by atoms with van der Waals surface area (Å²) in [7, 11) is 0. The first-order chi connectivity index (χ1) is 18.4. The molecule has 1 aromatic heterocycles. The van der Waals surface area contributed by atoms with Gasteiger partial charge in [-0.3, -0.25) is 9.78 Å². The number of pyridine rings is 1. The Hall–Kier alpha value is -4.44. The predicted molar refractivity (Wildman–Crippen MR) is 146 cm³/mol. The molecule has 10 heteroatoms. The Balaban J connectivity index is 1.37. The number of hydrazone groups is 1. The van der Waals surface area contributed by atoms with Crippen molar-refractivity contribution in [2.24, 2.45) is 5.10 Å². The second-order valence-corrected chi connectivity index (χ2v) is 8.82. The van der Waals surface area contributed by atoms with Gasteiger partial charge in [-0.1, -0.05) is 30.3 Å². The van der Waals surface area contributed by atoms with Crippen molar-refractivity contribution in [2.45, 2.75) is 13.5 Å². The zero-order chi connectivity index (χ0) is 26.9. The van der Waals surface area contributed by atoms with Gasteiger partial charge >= 0.3 is 5.97 Å². The van der Waals surface area contributed by atoms with Gasteiger partial charge < -0.3 is 19.3 Å².